The summed E-state index contributed by atoms with van der Waals surface area (Å²) in [6.07, 6.45) is 13.9. The first-order valence-electron chi connectivity index (χ1n) is 13.6. The predicted molar refractivity (Wildman–Crippen MR) is 139 cm³/mol. The summed E-state index contributed by atoms with van der Waals surface area (Å²) in [5.41, 5.74) is 7.88. The molecule has 2 heterocycles. The topological polar surface area (TPSA) is 3.88 Å². The molecule has 32 heavy (non-hydrogen) atoms. The molecule has 0 fully saturated rings. The number of aryl methyl sites for hydroxylation is 1. The predicted octanol–water partition coefficient (Wildman–Crippen LogP) is 9.07. The Bertz CT molecular complexity index is 882. The molecule has 1 heteroatoms. The Labute approximate surface area is 198 Å². The van der Waals surface area contributed by atoms with Gasteiger partial charge in [0.25, 0.3) is 0 Å². The maximum Gasteiger partial charge on any atom is 0.213 e. The molecule has 2 aromatic rings. The van der Waals surface area contributed by atoms with E-state index < -0.39 is 0 Å². The molecule has 176 valence electrons. The van der Waals surface area contributed by atoms with Crippen LogP contribution in [0.4, 0.5) is 0 Å². The molecule has 4 unspecified atom stereocenters. The maximum absolute atomic E-state index is 2.69. The van der Waals surface area contributed by atoms with E-state index in [9.17, 15) is 0 Å². The number of fused-ring (bicyclic) bond motifs is 3. The third-order valence-electron chi connectivity index (χ3n) is 8.50. The molecular weight excluding hydrogens is 386 g/mol. The van der Waals surface area contributed by atoms with Crippen LogP contribution in [-0.2, 0) is 5.41 Å². The van der Waals surface area contributed by atoms with Gasteiger partial charge >= 0.3 is 0 Å². The molecule has 0 saturated heterocycles. The van der Waals surface area contributed by atoms with E-state index in [4.69, 9.17) is 0 Å². The minimum absolute atomic E-state index is 0.229. The number of rotatable bonds is 11. The molecule has 0 spiro atoms. The van der Waals surface area contributed by atoms with Crippen LogP contribution in [0.3, 0.4) is 0 Å². The van der Waals surface area contributed by atoms with Crippen molar-refractivity contribution in [2.24, 2.45) is 5.92 Å². The van der Waals surface area contributed by atoms with Gasteiger partial charge in [-0.1, -0.05) is 91.8 Å². The largest absolute Gasteiger partial charge is 0.213 e. The van der Waals surface area contributed by atoms with E-state index in [1.165, 1.54) is 69.0 Å². The molecule has 1 aromatic carbocycles. The number of unbranched alkanes of at least 4 members (excludes halogenated alkanes) is 2. The van der Waals surface area contributed by atoms with E-state index in [-0.39, 0.29) is 5.41 Å². The summed E-state index contributed by atoms with van der Waals surface area (Å²) >= 11 is 0. The molecule has 0 aliphatic carbocycles. The highest BCUT2D eigenvalue weighted by molar-refractivity contribution is 5.70. The second kappa shape index (κ2) is 11.0. The summed E-state index contributed by atoms with van der Waals surface area (Å²) in [6.45, 7) is 16.6. The number of hydrogen-bond acceptors (Lipinski definition) is 0. The van der Waals surface area contributed by atoms with Crippen LogP contribution in [0.2, 0.25) is 0 Å². The minimum Gasteiger partial charge on any atom is -0.194 e. The van der Waals surface area contributed by atoms with Crippen molar-refractivity contribution in [1.29, 1.82) is 0 Å². The molecule has 1 aliphatic heterocycles. The van der Waals surface area contributed by atoms with Gasteiger partial charge in [0.2, 0.25) is 5.69 Å². The number of pyridine rings is 1. The highest BCUT2D eigenvalue weighted by Crippen LogP contribution is 2.52. The standard InChI is InChI=1S/C31H48N/c1-8-13-14-21-31(12-5)27-18-15-17-26(25(10-3)24(7)16-9-2)30(27)28-20-19-23(6)22-32(28)29(31)11-4/h15,17-20,22,24-25,29H,8-14,16,21H2,1-7H3/q+1. The van der Waals surface area contributed by atoms with Gasteiger partial charge in [0.05, 0.1) is 11.0 Å². The smallest absolute Gasteiger partial charge is 0.194 e. The highest BCUT2D eigenvalue weighted by atomic mass is 15.0. The minimum atomic E-state index is 0.229. The van der Waals surface area contributed by atoms with Crippen LogP contribution in [0.25, 0.3) is 11.3 Å². The van der Waals surface area contributed by atoms with Crippen LogP contribution in [0.1, 0.15) is 128 Å². The number of hydrogen-bond donors (Lipinski definition) is 0. The Morgan fingerprint density at radius 3 is 2.38 bits per heavy atom. The van der Waals surface area contributed by atoms with Gasteiger partial charge in [-0.15, -0.1) is 0 Å². The van der Waals surface area contributed by atoms with Crippen molar-refractivity contribution >= 4 is 0 Å². The molecule has 0 amide bonds. The Kier molecular flexibility index (Phi) is 8.59. The molecule has 1 aromatic heterocycles. The van der Waals surface area contributed by atoms with Crippen molar-refractivity contribution in [3.63, 3.8) is 0 Å². The Hall–Kier alpha value is -1.63. The maximum atomic E-state index is 2.69. The molecule has 0 radical (unpaired) electrons. The third kappa shape index (κ3) is 4.42. The lowest BCUT2D eigenvalue weighted by Gasteiger charge is -2.43. The normalized spacial score (nSPS) is 21.7. The average molecular weight is 435 g/mol. The van der Waals surface area contributed by atoms with Crippen molar-refractivity contribution in [3.8, 4) is 11.3 Å². The van der Waals surface area contributed by atoms with E-state index in [2.05, 4.69) is 89.6 Å². The Morgan fingerprint density at radius 1 is 0.969 bits per heavy atom. The van der Waals surface area contributed by atoms with Crippen LogP contribution in [-0.4, -0.2) is 0 Å². The van der Waals surface area contributed by atoms with Gasteiger partial charge in [-0.25, -0.2) is 0 Å². The molecule has 1 aliphatic rings. The first-order valence-corrected chi connectivity index (χ1v) is 13.6. The summed E-state index contributed by atoms with van der Waals surface area (Å²) in [4.78, 5) is 0. The summed E-state index contributed by atoms with van der Waals surface area (Å²) in [6, 6.07) is 12.6. The summed E-state index contributed by atoms with van der Waals surface area (Å²) < 4.78 is 2.69. The third-order valence-corrected chi connectivity index (χ3v) is 8.50. The fourth-order valence-corrected chi connectivity index (χ4v) is 6.89. The van der Waals surface area contributed by atoms with Gasteiger partial charge in [0.1, 0.15) is 0 Å². The van der Waals surface area contributed by atoms with E-state index in [1.54, 1.807) is 16.7 Å². The molecule has 0 bridgehead atoms. The molecule has 0 saturated carbocycles. The van der Waals surface area contributed by atoms with E-state index in [1.807, 2.05) is 0 Å². The molecular formula is C31H48N+. The quantitative estimate of drug-likeness (QED) is 0.245. The Balaban J connectivity index is 2.30. The van der Waals surface area contributed by atoms with Crippen molar-refractivity contribution in [2.75, 3.05) is 0 Å². The second-order valence-corrected chi connectivity index (χ2v) is 10.4. The fraction of sp³-hybridized carbons (Fsp3) is 0.645. The zero-order valence-electron chi connectivity index (χ0n) is 22.0. The van der Waals surface area contributed by atoms with Gasteiger partial charge in [-0.05, 0) is 55.2 Å². The first kappa shape index (κ1) is 25.0. The zero-order valence-corrected chi connectivity index (χ0v) is 22.0. The summed E-state index contributed by atoms with van der Waals surface area (Å²) in [5, 5.41) is 0. The van der Waals surface area contributed by atoms with Crippen molar-refractivity contribution < 1.29 is 4.57 Å². The summed E-state index contributed by atoms with van der Waals surface area (Å²) in [7, 11) is 0. The summed E-state index contributed by atoms with van der Waals surface area (Å²) in [5.74, 6) is 1.35. The van der Waals surface area contributed by atoms with Crippen molar-refractivity contribution in [2.45, 2.75) is 124 Å². The molecule has 3 rings (SSSR count). The van der Waals surface area contributed by atoms with Gasteiger partial charge in [-0.3, -0.25) is 0 Å². The average Bonchev–Trinajstić information content (AvgIpc) is 2.79. The number of nitrogens with zero attached hydrogens (tertiary/aromatic N) is 1. The number of aromatic nitrogens is 1. The van der Waals surface area contributed by atoms with E-state index >= 15 is 0 Å². The SMILES string of the molecule is CCCCCC1(CC)c2cccc(C(CC)C(C)CCC)c2-c2ccc(C)c[n+]2C1CC. The van der Waals surface area contributed by atoms with Crippen LogP contribution >= 0.6 is 0 Å². The molecule has 1 nitrogen and oxygen atoms in total. The lowest BCUT2D eigenvalue weighted by atomic mass is 9.62. The Morgan fingerprint density at radius 2 is 1.75 bits per heavy atom. The highest BCUT2D eigenvalue weighted by Gasteiger charge is 2.50. The number of benzene rings is 1. The van der Waals surface area contributed by atoms with Crippen LogP contribution in [0.15, 0.2) is 36.5 Å². The molecule has 4 atom stereocenters. The second-order valence-electron chi connectivity index (χ2n) is 10.4. The zero-order chi connectivity index (χ0) is 23.3. The van der Waals surface area contributed by atoms with E-state index in [0.29, 0.717) is 12.0 Å². The first-order chi connectivity index (χ1) is 15.5. The van der Waals surface area contributed by atoms with Crippen molar-refractivity contribution in [3.05, 3.63) is 53.2 Å². The van der Waals surface area contributed by atoms with Gasteiger partial charge in [-0.2, -0.15) is 4.57 Å². The van der Waals surface area contributed by atoms with Crippen LogP contribution < -0.4 is 4.57 Å². The monoisotopic (exact) mass is 434 g/mol. The van der Waals surface area contributed by atoms with Gasteiger partial charge < -0.3 is 0 Å². The van der Waals surface area contributed by atoms with E-state index in [0.717, 1.165) is 5.92 Å². The van der Waals surface area contributed by atoms with Crippen molar-refractivity contribution in [1.82, 2.24) is 0 Å². The lowest BCUT2D eigenvalue weighted by molar-refractivity contribution is -0.725. The fourth-order valence-electron chi connectivity index (χ4n) is 6.89. The lowest BCUT2D eigenvalue weighted by Crippen LogP contribution is -2.56. The van der Waals surface area contributed by atoms with Crippen LogP contribution in [0, 0.1) is 12.8 Å². The van der Waals surface area contributed by atoms with Gasteiger partial charge in [0, 0.05) is 18.1 Å². The molecule has 0 N–H and O–H groups in total. The van der Waals surface area contributed by atoms with Gasteiger partial charge in [0.15, 0.2) is 12.2 Å². The van der Waals surface area contributed by atoms with Crippen LogP contribution in [0.5, 0.6) is 0 Å².